The Morgan fingerprint density at radius 1 is 0.614 bits per heavy atom. The summed E-state index contributed by atoms with van der Waals surface area (Å²) in [6, 6.07) is 31.2. The molecule has 2 aliphatic rings. The second kappa shape index (κ2) is 13.3. The van der Waals surface area contributed by atoms with Crippen molar-refractivity contribution in [1.82, 2.24) is 0 Å². The Morgan fingerprint density at radius 2 is 1.05 bits per heavy atom. The van der Waals surface area contributed by atoms with E-state index < -0.39 is 22.2 Å². The summed E-state index contributed by atoms with van der Waals surface area (Å²) in [7, 11) is -4.16. The Balaban J connectivity index is 1.55. The van der Waals surface area contributed by atoms with Gasteiger partial charge in [-0.2, -0.15) is 0 Å². The summed E-state index contributed by atoms with van der Waals surface area (Å²) in [5.74, 6) is 0.168. The van der Waals surface area contributed by atoms with Crippen LogP contribution in [0.2, 0.25) is 37.8 Å². The molecule has 0 bridgehead atoms. The van der Waals surface area contributed by atoms with Gasteiger partial charge in [0.1, 0.15) is 18.3 Å². The summed E-state index contributed by atoms with van der Waals surface area (Å²) in [6.07, 6.45) is -0.282. The summed E-state index contributed by atoms with van der Waals surface area (Å²) in [6.45, 7) is 19.8. The maximum Gasteiger partial charge on any atom is 0.192 e. The van der Waals surface area contributed by atoms with Gasteiger partial charge in [-0.1, -0.05) is 112 Å². The third-order valence-electron chi connectivity index (χ3n) is 9.41. The van der Waals surface area contributed by atoms with Crippen molar-refractivity contribution in [3.63, 3.8) is 0 Å². The molecule has 2 aliphatic carbocycles. The average molecular weight is 633 g/mol. The number of fused-ring (bicyclic) bond motifs is 1. The zero-order valence-electron chi connectivity index (χ0n) is 27.9. The van der Waals surface area contributed by atoms with Crippen molar-refractivity contribution in [2.45, 2.75) is 115 Å². The van der Waals surface area contributed by atoms with Crippen LogP contribution in [0.3, 0.4) is 0 Å². The largest absolute Gasteiger partial charge is 0.411 e. The molecule has 0 spiro atoms. The lowest BCUT2D eigenvalue weighted by molar-refractivity contribution is -0.229. The Bertz CT molecular complexity index is 1320. The second-order valence-corrected chi connectivity index (χ2v) is 24.2. The summed E-state index contributed by atoms with van der Waals surface area (Å²) in [5, 5.41) is 0.0508. The van der Waals surface area contributed by atoms with E-state index in [0.717, 1.165) is 23.1 Å². The molecule has 238 valence electrons. The lowest BCUT2D eigenvalue weighted by Gasteiger charge is -2.50. The molecule has 0 heterocycles. The maximum atomic E-state index is 7.34. The Hall–Kier alpha value is -2.11. The second-order valence-electron chi connectivity index (χ2n) is 15.1. The van der Waals surface area contributed by atoms with Crippen LogP contribution in [0, 0.1) is 5.92 Å². The molecule has 0 radical (unpaired) electrons. The molecule has 0 aromatic heterocycles. The van der Waals surface area contributed by atoms with E-state index in [4.69, 9.17) is 23.1 Å². The van der Waals surface area contributed by atoms with Crippen LogP contribution >= 0.6 is 0 Å². The molecule has 2 saturated carbocycles. The number of benzene rings is 3. The van der Waals surface area contributed by atoms with Crippen molar-refractivity contribution in [3.8, 4) is 0 Å². The predicted octanol–water partition coefficient (Wildman–Crippen LogP) is 8.76. The molecule has 0 amide bonds. The fourth-order valence-corrected chi connectivity index (χ4v) is 9.01. The van der Waals surface area contributed by atoms with Gasteiger partial charge in [-0.05, 0) is 60.9 Å². The summed E-state index contributed by atoms with van der Waals surface area (Å²) in [5.41, 5.74) is 2.92. The van der Waals surface area contributed by atoms with E-state index in [1.807, 2.05) is 18.2 Å². The number of rotatable bonds is 13. The quantitative estimate of drug-likeness (QED) is 0.176. The molecule has 7 heteroatoms. The molecule has 2 unspecified atom stereocenters. The summed E-state index contributed by atoms with van der Waals surface area (Å²) < 4.78 is 35.4. The van der Waals surface area contributed by atoms with Crippen LogP contribution < -0.4 is 0 Å². The van der Waals surface area contributed by atoms with Gasteiger partial charge >= 0.3 is 0 Å². The third-order valence-corrected chi connectivity index (χ3v) is 14.9. The van der Waals surface area contributed by atoms with E-state index in [2.05, 4.69) is 126 Å². The highest BCUT2D eigenvalue weighted by Crippen LogP contribution is 2.61. The van der Waals surface area contributed by atoms with Gasteiger partial charge in [-0.15, -0.1) is 0 Å². The minimum absolute atomic E-state index is 0.0508. The van der Waals surface area contributed by atoms with Crippen molar-refractivity contribution >= 4 is 16.6 Å². The van der Waals surface area contributed by atoms with Crippen LogP contribution in [0.5, 0.6) is 0 Å². The van der Waals surface area contributed by atoms with E-state index in [1.165, 1.54) is 0 Å². The van der Waals surface area contributed by atoms with Crippen molar-refractivity contribution in [3.05, 3.63) is 108 Å². The average Bonchev–Trinajstić information content (AvgIpc) is 3.69. The van der Waals surface area contributed by atoms with Crippen LogP contribution in [0.1, 0.15) is 43.9 Å². The van der Waals surface area contributed by atoms with Crippen molar-refractivity contribution in [1.29, 1.82) is 0 Å². The molecule has 0 aliphatic heterocycles. The third kappa shape index (κ3) is 7.81. The predicted molar refractivity (Wildman–Crippen MR) is 182 cm³/mol. The van der Waals surface area contributed by atoms with E-state index in [1.54, 1.807) is 0 Å². The van der Waals surface area contributed by atoms with Gasteiger partial charge in [0, 0.05) is 5.92 Å². The van der Waals surface area contributed by atoms with Crippen molar-refractivity contribution < 1.29 is 23.1 Å². The number of hydrogen-bond acceptors (Lipinski definition) is 5. The highest BCUT2D eigenvalue weighted by atomic mass is 28.4. The SMILES string of the molecule is CC(C)(C)[Si](C)(C)O[C@H]1C2CC2(O[Si](C)(C)C)[C@@H](OCc2ccccc2)[C@H](OCc2ccccc2)[C@H]1OCc1ccccc1. The van der Waals surface area contributed by atoms with Gasteiger partial charge < -0.3 is 23.1 Å². The van der Waals surface area contributed by atoms with Crippen LogP contribution in [-0.4, -0.2) is 46.7 Å². The molecule has 6 atom stereocenters. The van der Waals surface area contributed by atoms with Crippen LogP contribution in [-0.2, 0) is 42.9 Å². The Kier molecular flexibility index (Phi) is 10.1. The molecular formula is C37H52O5Si2. The molecule has 5 nitrogen and oxygen atoms in total. The highest BCUT2D eigenvalue weighted by Gasteiger charge is 2.73. The fourth-order valence-electron chi connectivity index (χ4n) is 6.19. The van der Waals surface area contributed by atoms with Crippen LogP contribution in [0.25, 0.3) is 0 Å². The van der Waals surface area contributed by atoms with Crippen LogP contribution in [0.4, 0.5) is 0 Å². The molecule has 3 aromatic rings. The number of hydrogen-bond donors (Lipinski definition) is 0. The molecule has 44 heavy (non-hydrogen) atoms. The minimum Gasteiger partial charge on any atom is -0.411 e. The Labute approximate surface area is 267 Å². The van der Waals surface area contributed by atoms with E-state index in [9.17, 15) is 0 Å². The lowest BCUT2D eigenvalue weighted by atomic mass is 9.86. The first-order valence-electron chi connectivity index (χ1n) is 16.1. The van der Waals surface area contributed by atoms with Gasteiger partial charge in [-0.3, -0.25) is 0 Å². The Morgan fingerprint density at radius 3 is 1.48 bits per heavy atom. The number of ether oxygens (including phenoxy) is 3. The molecule has 0 saturated heterocycles. The molecule has 5 rings (SSSR count). The zero-order valence-corrected chi connectivity index (χ0v) is 29.9. The highest BCUT2D eigenvalue weighted by molar-refractivity contribution is 6.74. The normalized spacial score (nSPS) is 27.1. The first kappa shape index (κ1) is 33.3. The maximum absolute atomic E-state index is 7.34. The summed E-state index contributed by atoms with van der Waals surface area (Å²) >= 11 is 0. The van der Waals surface area contributed by atoms with Gasteiger partial charge in [0.05, 0.1) is 31.5 Å². The van der Waals surface area contributed by atoms with Gasteiger partial charge in [0.15, 0.2) is 16.6 Å². The zero-order chi connectivity index (χ0) is 31.6. The smallest absolute Gasteiger partial charge is 0.192 e. The topological polar surface area (TPSA) is 46.2 Å². The van der Waals surface area contributed by atoms with E-state index in [0.29, 0.717) is 19.8 Å². The fraction of sp³-hybridized carbons (Fsp3) is 0.514. The minimum atomic E-state index is -2.18. The lowest BCUT2D eigenvalue weighted by Crippen LogP contribution is -2.64. The molecule has 3 aromatic carbocycles. The van der Waals surface area contributed by atoms with Crippen LogP contribution in [0.15, 0.2) is 91.0 Å². The summed E-state index contributed by atoms with van der Waals surface area (Å²) in [4.78, 5) is 0. The monoisotopic (exact) mass is 632 g/mol. The van der Waals surface area contributed by atoms with Crippen molar-refractivity contribution in [2.24, 2.45) is 5.92 Å². The first-order valence-corrected chi connectivity index (χ1v) is 22.5. The first-order chi connectivity index (χ1) is 20.8. The van der Waals surface area contributed by atoms with Gasteiger partial charge in [-0.25, -0.2) is 0 Å². The van der Waals surface area contributed by atoms with E-state index >= 15 is 0 Å². The standard InChI is InChI=1S/C37H52O5Si2/c1-36(2,3)44(7,8)41-32-31-24-37(31,42-43(4,5)6)35(40-27-30-22-16-11-17-23-30)34(39-26-29-20-14-10-15-21-29)33(32)38-25-28-18-12-9-13-19-28/h9-23,31-35H,24-27H2,1-8H3/t31?,32-,33-,34+,35-,37?/m0/s1. The van der Waals surface area contributed by atoms with Gasteiger partial charge in [0.25, 0.3) is 0 Å². The van der Waals surface area contributed by atoms with Gasteiger partial charge in [0.2, 0.25) is 0 Å². The van der Waals surface area contributed by atoms with Crippen molar-refractivity contribution in [2.75, 3.05) is 0 Å². The molecular weight excluding hydrogens is 581 g/mol. The van der Waals surface area contributed by atoms with E-state index in [-0.39, 0.29) is 35.4 Å². The molecule has 2 fully saturated rings. The molecule has 0 N–H and O–H groups in total.